The minimum atomic E-state index is -0.867. The molecule has 0 radical (unpaired) electrons. The number of aromatic nitrogens is 1. The van der Waals surface area contributed by atoms with Gasteiger partial charge in [-0.1, -0.05) is 42.6 Å². The lowest BCUT2D eigenvalue weighted by Crippen LogP contribution is -2.44. The van der Waals surface area contributed by atoms with Gasteiger partial charge in [0.25, 0.3) is 0 Å². The molecule has 1 aliphatic heterocycles. The van der Waals surface area contributed by atoms with Crippen LogP contribution in [0.15, 0.2) is 67.0 Å². The Kier molecular flexibility index (Phi) is 8.49. The van der Waals surface area contributed by atoms with Crippen molar-refractivity contribution < 1.29 is 18.7 Å². The molecule has 7 nitrogen and oxygen atoms in total. The Labute approximate surface area is 238 Å². The quantitative estimate of drug-likeness (QED) is 0.358. The summed E-state index contributed by atoms with van der Waals surface area (Å²) < 4.78 is 20.6. The van der Waals surface area contributed by atoms with Gasteiger partial charge in [0.2, 0.25) is 11.8 Å². The summed E-state index contributed by atoms with van der Waals surface area (Å²) in [6.07, 6.45) is 7.58. The van der Waals surface area contributed by atoms with E-state index in [1.54, 1.807) is 55.9 Å². The second kappa shape index (κ2) is 12.0. The number of hydrogen-bond donors (Lipinski definition) is 2. The van der Waals surface area contributed by atoms with Crippen molar-refractivity contribution in [2.24, 2.45) is 11.7 Å². The number of nitrogens with zero attached hydrogens (tertiary/aromatic N) is 2. The number of carbonyl (C=O) groups is 2. The van der Waals surface area contributed by atoms with Crippen LogP contribution in [0.1, 0.15) is 48.8 Å². The van der Waals surface area contributed by atoms with Gasteiger partial charge in [0, 0.05) is 37.5 Å². The van der Waals surface area contributed by atoms with Gasteiger partial charge in [-0.25, -0.2) is 4.39 Å². The van der Waals surface area contributed by atoms with Crippen molar-refractivity contribution in [3.05, 3.63) is 94.5 Å². The number of amides is 2. The van der Waals surface area contributed by atoms with Crippen molar-refractivity contribution in [2.75, 3.05) is 19.0 Å². The van der Waals surface area contributed by atoms with E-state index in [-0.39, 0.29) is 30.7 Å². The van der Waals surface area contributed by atoms with Gasteiger partial charge < -0.3 is 20.7 Å². The fourth-order valence-corrected chi connectivity index (χ4v) is 5.55. The lowest BCUT2D eigenvalue weighted by molar-refractivity contribution is -0.136. The largest absolute Gasteiger partial charge is 0.380 e. The van der Waals surface area contributed by atoms with E-state index in [1.807, 2.05) is 12.1 Å². The summed E-state index contributed by atoms with van der Waals surface area (Å²) in [5.41, 5.74) is 8.56. The molecule has 40 heavy (non-hydrogen) atoms. The number of halogens is 2. The first kappa shape index (κ1) is 28.2. The Bertz CT molecular complexity index is 1350. The third-order valence-corrected chi connectivity index (χ3v) is 8.32. The molecule has 5 rings (SSSR count). The minimum absolute atomic E-state index is 0.0313. The van der Waals surface area contributed by atoms with Crippen LogP contribution in [0.2, 0.25) is 5.02 Å². The van der Waals surface area contributed by atoms with E-state index in [4.69, 9.17) is 22.1 Å². The molecule has 0 spiro atoms. The highest BCUT2D eigenvalue weighted by atomic mass is 35.5. The predicted molar refractivity (Wildman–Crippen MR) is 152 cm³/mol. The molecule has 210 valence electrons. The fraction of sp³-hybridized carbons (Fsp3) is 0.387. The lowest BCUT2D eigenvalue weighted by atomic mass is 9.79. The van der Waals surface area contributed by atoms with E-state index < -0.39 is 23.3 Å². The second-order valence-corrected chi connectivity index (χ2v) is 11.3. The third-order valence-electron chi connectivity index (χ3n) is 8.07. The van der Waals surface area contributed by atoms with E-state index in [2.05, 4.69) is 10.3 Å². The number of nitrogens with two attached hydrogens (primary N) is 1. The molecule has 3 atom stereocenters. The summed E-state index contributed by atoms with van der Waals surface area (Å²) >= 11 is 5.97. The van der Waals surface area contributed by atoms with Crippen LogP contribution in [0.3, 0.4) is 0 Å². The topological polar surface area (TPSA) is 97.5 Å². The molecule has 3 aromatic rings. The zero-order valence-corrected chi connectivity index (χ0v) is 23.2. The average molecular weight is 565 g/mol. The van der Waals surface area contributed by atoms with Gasteiger partial charge in [0.15, 0.2) is 0 Å². The Balaban J connectivity index is 1.37. The third kappa shape index (κ3) is 6.35. The van der Waals surface area contributed by atoms with Gasteiger partial charge >= 0.3 is 0 Å². The maximum absolute atomic E-state index is 15.1. The zero-order valence-electron chi connectivity index (χ0n) is 22.5. The van der Waals surface area contributed by atoms with Crippen LogP contribution < -0.4 is 11.1 Å². The Morgan fingerprint density at radius 2 is 1.85 bits per heavy atom. The number of benzene rings is 2. The second-order valence-electron chi connectivity index (χ2n) is 10.8. The summed E-state index contributed by atoms with van der Waals surface area (Å²) in [7, 11) is 1.55. The van der Waals surface area contributed by atoms with Gasteiger partial charge in [-0.2, -0.15) is 0 Å². The number of methoxy groups -OCH3 is 1. The molecular formula is C31H34ClFN4O3. The summed E-state index contributed by atoms with van der Waals surface area (Å²) in [5, 5.41) is 3.33. The average Bonchev–Trinajstić information content (AvgIpc) is 3.70. The highest BCUT2D eigenvalue weighted by molar-refractivity contribution is 6.30. The molecule has 9 heteroatoms. The molecule has 3 unspecified atom stereocenters. The Morgan fingerprint density at radius 1 is 1.12 bits per heavy atom. The van der Waals surface area contributed by atoms with E-state index in [9.17, 15) is 9.59 Å². The van der Waals surface area contributed by atoms with Crippen LogP contribution in [0.5, 0.6) is 0 Å². The van der Waals surface area contributed by atoms with Gasteiger partial charge in [-0.05, 0) is 71.8 Å². The predicted octanol–water partition coefficient (Wildman–Crippen LogP) is 5.06. The standard InChI is InChI=1S/C31H34ClFN4O3/c1-40-25-18-28(37(19-25)29(38)16-21-4-7-24(32)8-5-21)30(39)36-27-17-23(6-9-26(27)33)31(34,13-10-20-2-3-20)22-11-14-35-15-12-22/h4-9,11-12,14-15,17,20,25,28H,2-3,10,13,16,18-19,34H2,1H3,(H,36,39). The summed E-state index contributed by atoms with van der Waals surface area (Å²) in [5.74, 6) is -0.590. The summed E-state index contributed by atoms with van der Waals surface area (Å²) in [6, 6.07) is 14.6. The van der Waals surface area contributed by atoms with Gasteiger partial charge in [0.05, 0.1) is 23.8 Å². The highest BCUT2D eigenvalue weighted by Gasteiger charge is 2.40. The van der Waals surface area contributed by atoms with E-state index in [0.29, 0.717) is 29.3 Å². The van der Waals surface area contributed by atoms with E-state index in [1.165, 1.54) is 23.8 Å². The van der Waals surface area contributed by atoms with Crippen molar-refractivity contribution in [3.63, 3.8) is 0 Å². The fourth-order valence-electron chi connectivity index (χ4n) is 5.43. The summed E-state index contributed by atoms with van der Waals surface area (Å²) in [4.78, 5) is 32.4. The number of carbonyl (C=O) groups excluding carboxylic acids is 2. The normalized spacial score (nSPS) is 20.2. The van der Waals surface area contributed by atoms with E-state index in [0.717, 1.165) is 17.5 Å². The van der Waals surface area contributed by atoms with Crippen LogP contribution >= 0.6 is 11.6 Å². The van der Waals surface area contributed by atoms with E-state index >= 15 is 4.39 Å². The van der Waals surface area contributed by atoms with Crippen LogP contribution in [-0.4, -0.2) is 47.5 Å². The van der Waals surface area contributed by atoms with Gasteiger partial charge in [0.1, 0.15) is 11.9 Å². The molecular weight excluding hydrogens is 531 g/mol. The molecule has 3 N–H and O–H groups in total. The molecule has 1 saturated carbocycles. The molecule has 1 aliphatic carbocycles. The number of ether oxygens (including phenoxy) is 1. The SMILES string of the molecule is COC1CC(C(=O)Nc2cc(C(N)(CCC3CC3)c3ccncc3)ccc2F)N(C(=O)Cc2ccc(Cl)cc2)C1. The molecule has 2 amide bonds. The van der Waals surface area contributed by atoms with Gasteiger partial charge in [-0.3, -0.25) is 14.6 Å². The van der Waals surface area contributed by atoms with Crippen molar-refractivity contribution in [1.82, 2.24) is 9.88 Å². The number of pyridine rings is 1. The maximum atomic E-state index is 15.1. The monoisotopic (exact) mass is 564 g/mol. The van der Waals surface area contributed by atoms with Crippen LogP contribution in [-0.2, 0) is 26.3 Å². The smallest absolute Gasteiger partial charge is 0.247 e. The first-order valence-corrected chi connectivity index (χ1v) is 14.0. The molecule has 1 aromatic heterocycles. The van der Waals surface area contributed by atoms with Crippen LogP contribution in [0.4, 0.5) is 10.1 Å². The molecule has 2 aliphatic rings. The number of rotatable bonds is 10. The lowest BCUT2D eigenvalue weighted by Gasteiger charge is -2.31. The number of likely N-dealkylation sites (tertiary alicyclic amines) is 1. The zero-order chi connectivity index (χ0) is 28.3. The maximum Gasteiger partial charge on any atom is 0.247 e. The van der Waals surface area contributed by atoms with Crippen molar-refractivity contribution in [1.29, 1.82) is 0 Å². The van der Waals surface area contributed by atoms with Crippen molar-refractivity contribution in [3.8, 4) is 0 Å². The van der Waals surface area contributed by atoms with Crippen molar-refractivity contribution in [2.45, 2.75) is 56.2 Å². The Morgan fingerprint density at radius 3 is 2.52 bits per heavy atom. The number of nitrogens with one attached hydrogen (secondary N) is 1. The minimum Gasteiger partial charge on any atom is -0.380 e. The molecule has 2 fully saturated rings. The highest BCUT2D eigenvalue weighted by Crippen LogP contribution is 2.40. The number of hydrogen-bond acceptors (Lipinski definition) is 5. The van der Waals surface area contributed by atoms with Crippen LogP contribution in [0.25, 0.3) is 0 Å². The van der Waals surface area contributed by atoms with Gasteiger partial charge in [-0.15, -0.1) is 0 Å². The van der Waals surface area contributed by atoms with Crippen LogP contribution in [0, 0.1) is 11.7 Å². The molecule has 0 bridgehead atoms. The first-order chi connectivity index (χ1) is 19.3. The Hall–Kier alpha value is -3.33. The molecule has 2 heterocycles. The first-order valence-electron chi connectivity index (χ1n) is 13.6. The molecule has 2 aromatic carbocycles. The number of anilines is 1. The summed E-state index contributed by atoms with van der Waals surface area (Å²) in [6.45, 7) is 0.276. The van der Waals surface area contributed by atoms with Crippen molar-refractivity contribution >= 4 is 29.1 Å². The molecule has 1 saturated heterocycles.